The third kappa shape index (κ3) is 4.73. The summed E-state index contributed by atoms with van der Waals surface area (Å²) in [5, 5.41) is 6.03. The van der Waals surface area contributed by atoms with Gasteiger partial charge in [0.2, 0.25) is 0 Å². The van der Waals surface area contributed by atoms with Crippen molar-refractivity contribution in [2.24, 2.45) is 0 Å². The average molecular weight is 698 g/mol. The van der Waals surface area contributed by atoms with Crippen molar-refractivity contribution < 1.29 is 4.42 Å². The number of fused-ring (bicyclic) bond motifs is 7. The molecule has 4 nitrogen and oxygen atoms in total. The Morgan fingerprint density at radius 1 is 0.358 bits per heavy atom. The lowest BCUT2D eigenvalue weighted by atomic mass is 10.0. The van der Waals surface area contributed by atoms with E-state index in [9.17, 15) is 0 Å². The first-order valence-electron chi connectivity index (χ1n) is 17.9. The van der Waals surface area contributed by atoms with Crippen LogP contribution < -0.4 is 14.6 Å². The van der Waals surface area contributed by atoms with Gasteiger partial charge < -0.3 is 8.98 Å². The van der Waals surface area contributed by atoms with E-state index in [2.05, 4.69) is 196 Å². The smallest absolute Gasteiger partial charge is 0.138 e. The first-order chi connectivity index (χ1) is 26.3. The third-order valence-corrected chi connectivity index (χ3v) is 12.8. The van der Waals surface area contributed by atoms with Gasteiger partial charge in [-0.1, -0.05) is 121 Å². The highest BCUT2D eigenvalue weighted by atomic mass is 31.1. The van der Waals surface area contributed by atoms with E-state index in [1.165, 1.54) is 49.9 Å². The highest BCUT2D eigenvalue weighted by Crippen LogP contribution is 2.65. The van der Waals surface area contributed by atoms with Crippen molar-refractivity contribution in [3.05, 3.63) is 194 Å². The fourth-order valence-electron chi connectivity index (χ4n) is 8.06. The predicted molar refractivity (Wildman–Crippen MR) is 224 cm³/mol. The van der Waals surface area contributed by atoms with E-state index in [-0.39, 0.29) is 0 Å². The Bertz CT molecular complexity index is 2970. The number of para-hydroxylation sites is 4. The molecule has 1 atom stereocenters. The van der Waals surface area contributed by atoms with Gasteiger partial charge >= 0.3 is 0 Å². The zero-order valence-corrected chi connectivity index (χ0v) is 29.6. The summed E-state index contributed by atoms with van der Waals surface area (Å²) < 4.78 is 13.9. The molecule has 0 aliphatic carbocycles. The van der Waals surface area contributed by atoms with Crippen LogP contribution in [-0.2, 0) is 0 Å². The van der Waals surface area contributed by atoms with Crippen LogP contribution in [0.2, 0.25) is 0 Å². The lowest BCUT2D eigenvalue weighted by molar-refractivity contribution is 0.669. The predicted octanol–water partition coefficient (Wildman–Crippen LogP) is 13.3. The van der Waals surface area contributed by atoms with Crippen LogP contribution in [0.5, 0.6) is 0 Å². The summed E-state index contributed by atoms with van der Waals surface area (Å²) in [6.07, 6.45) is 0. The number of furan rings is 1. The molecule has 0 spiro atoms. The van der Waals surface area contributed by atoms with E-state index in [4.69, 9.17) is 4.42 Å². The van der Waals surface area contributed by atoms with Gasteiger partial charge in [0.25, 0.3) is 0 Å². The van der Waals surface area contributed by atoms with Gasteiger partial charge in [0.15, 0.2) is 0 Å². The first kappa shape index (κ1) is 30.1. The van der Waals surface area contributed by atoms with Gasteiger partial charge in [0.1, 0.15) is 19.4 Å². The van der Waals surface area contributed by atoms with Gasteiger partial charge in [0.05, 0.1) is 22.4 Å². The molecule has 0 radical (unpaired) electrons. The Hall–Kier alpha value is -6.61. The second kappa shape index (κ2) is 12.0. The van der Waals surface area contributed by atoms with Crippen LogP contribution in [0, 0.1) is 0 Å². The monoisotopic (exact) mass is 697 g/mol. The van der Waals surface area contributed by atoms with E-state index in [1.54, 1.807) is 0 Å². The maximum absolute atomic E-state index is 6.39. The fourth-order valence-corrected chi connectivity index (χ4v) is 10.6. The molecule has 8 aromatic carbocycles. The number of hydrogen-bond donors (Lipinski definition) is 0. The molecule has 0 saturated carbocycles. The van der Waals surface area contributed by atoms with Crippen molar-refractivity contribution in [3.8, 4) is 16.8 Å². The van der Waals surface area contributed by atoms with E-state index in [1.807, 2.05) is 12.1 Å². The Labute approximate surface area is 308 Å². The molecule has 0 fully saturated rings. The standard InChI is InChI=1S/C48H32N3OP/c1-4-16-35(17-5-1)50-44-28-27-34(30-46(44)51(36-18-6-2-7-19-36)53(50)38-21-8-3-9-22-38)33-15-14-20-37(29-33)49-43-25-12-10-23-39(43)41-31-42-40-24-11-13-26-47(40)52-48(42)32-45(41)49/h1-32H. The van der Waals surface area contributed by atoms with Crippen LogP contribution in [0.3, 0.4) is 0 Å². The summed E-state index contributed by atoms with van der Waals surface area (Å²) in [6.45, 7) is 0. The summed E-state index contributed by atoms with van der Waals surface area (Å²) in [4.78, 5) is 0. The lowest BCUT2D eigenvalue weighted by Gasteiger charge is -2.32. The van der Waals surface area contributed by atoms with Gasteiger partial charge in [0, 0.05) is 50.0 Å². The normalized spacial score (nSPS) is 14.2. The van der Waals surface area contributed by atoms with Gasteiger partial charge in [-0.05, 0) is 77.9 Å². The molecular formula is C48H32N3OP. The van der Waals surface area contributed by atoms with E-state index < -0.39 is 8.22 Å². The van der Waals surface area contributed by atoms with Crippen molar-refractivity contribution in [1.29, 1.82) is 0 Å². The highest BCUT2D eigenvalue weighted by molar-refractivity contribution is 7.70. The molecule has 0 bridgehead atoms. The quantitative estimate of drug-likeness (QED) is 0.167. The van der Waals surface area contributed by atoms with Crippen LogP contribution >= 0.6 is 8.22 Å². The second-order valence-electron chi connectivity index (χ2n) is 13.5. The lowest BCUT2D eigenvalue weighted by Crippen LogP contribution is -2.21. The molecule has 10 aromatic rings. The molecule has 250 valence electrons. The van der Waals surface area contributed by atoms with Crippen LogP contribution in [-0.4, -0.2) is 4.57 Å². The summed E-state index contributed by atoms with van der Waals surface area (Å²) in [5.41, 5.74) is 12.3. The van der Waals surface area contributed by atoms with Crippen LogP contribution in [0.1, 0.15) is 0 Å². The molecule has 0 amide bonds. The summed E-state index contributed by atoms with van der Waals surface area (Å²) >= 11 is 0. The molecule has 1 aliphatic heterocycles. The molecule has 0 N–H and O–H groups in total. The minimum Gasteiger partial charge on any atom is -0.456 e. The van der Waals surface area contributed by atoms with Crippen LogP contribution in [0.25, 0.3) is 60.6 Å². The largest absolute Gasteiger partial charge is 0.456 e. The fraction of sp³-hybridized carbons (Fsp3) is 0. The third-order valence-electron chi connectivity index (χ3n) is 10.4. The molecular weight excluding hydrogens is 666 g/mol. The van der Waals surface area contributed by atoms with Crippen LogP contribution in [0.4, 0.5) is 22.7 Å². The maximum atomic E-state index is 6.39. The topological polar surface area (TPSA) is 24.6 Å². The number of rotatable bonds is 5. The summed E-state index contributed by atoms with van der Waals surface area (Å²) in [5.74, 6) is 0. The zero-order chi connectivity index (χ0) is 34.9. The number of anilines is 4. The maximum Gasteiger partial charge on any atom is 0.138 e. The molecule has 3 heterocycles. The van der Waals surface area contributed by atoms with Gasteiger partial charge in [-0.15, -0.1) is 0 Å². The number of nitrogens with zero attached hydrogens (tertiary/aromatic N) is 3. The van der Waals surface area contributed by atoms with E-state index in [0.717, 1.165) is 38.7 Å². The second-order valence-corrected chi connectivity index (χ2v) is 15.4. The SMILES string of the molecule is c1ccc(N2c3ccc(-c4cccc(-n5c6ccccc6c6cc7c(cc65)oc5ccccc57)c4)cc3N(c3ccccc3)P2c2ccccc2)cc1. The summed E-state index contributed by atoms with van der Waals surface area (Å²) in [6, 6.07) is 70.0. The van der Waals surface area contributed by atoms with Crippen molar-refractivity contribution >= 4 is 80.0 Å². The Balaban J connectivity index is 1.10. The first-order valence-corrected chi connectivity index (χ1v) is 19.2. The Morgan fingerprint density at radius 2 is 0.981 bits per heavy atom. The number of hydrogen-bond acceptors (Lipinski definition) is 3. The molecule has 5 heteroatoms. The van der Waals surface area contributed by atoms with E-state index >= 15 is 0 Å². The van der Waals surface area contributed by atoms with Gasteiger partial charge in [-0.2, -0.15) is 0 Å². The van der Waals surface area contributed by atoms with Crippen molar-refractivity contribution in [3.63, 3.8) is 0 Å². The van der Waals surface area contributed by atoms with E-state index in [0.29, 0.717) is 0 Å². The molecule has 1 unspecified atom stereocenters. The molecule has 2 aromatic heterocycles. The number of benzene rings is 8. The zero-order valence-electron chi connectivity index (χ0n) is 28.7. The minimum atomic E-state index is -0.973. The molecule has 53 heavy (non-hydrogen) atoms. The van der Waals surface area contributed by atoms with Gasteiger partial charge in [-0.25, -0.2) is 0 Å². The number of aromatic nitrogens is 1. The van der Waals surface area contributed by atoms with Crippen molar-refractivity contribution in [2.75, 3.05) is 9.34 Å². The van der Waals surface area contributed by atoms with Crippen molar-refractivity contribution in [1.82, 2.24) is 4.57 Å². The Kier molecular flexibility index (Phi) is 6.80. The highest BCUT2D eigenvalue weighted by Gasteiger charge is 2.39. The van der Waals surface area contributed by atoms with Crippen molar-refractivity contribution in [2.45, 2.75) is 0 Å². The molecule has 11 rings (SSSR count). The molecule has 0 saturated heterocycles. The van der Waals surface area contributed by atoms with Gasteiger partial charge in [-0.3, -0.25) is 9.34 Å². The summed E-state index contributed by atoms with van der Waals surface area (Å²) in [7, 11) is -0.973. The van der Waals surface area contributed by atoms with Crippen LogP contribution in [0.15, 0.2) is 199 Å². The molecule has 1 aliphatic rings. The average Bonchev–Trinajstić information content (AvgIpc) is 3.88. The Morgan fingerprint density at radius 3 is 1.75 bits per heavy atom. The minimum absolute atomic E-state index is 0.899.